The number of aryl methyl sites for hydroxylation is 1. The lowest BCUT2D eigenvalue weighted by atomic mass is 9.92. The summed E-state index contributed by atoms with van der Waals surface area (Å²) < 4.78 is 10.9. The Hall–Kier alpha value is -3.42. The summed E-state index contributed by atoms with van der Waals surface area (Å²) in [5.41, 5.74) is 3.85. The molecule has 1 aliphatic heterocycles. The molecule has 0 saturated heterocycles. The van der Waals surface area contributed by atoms with E-state index in [1.807, 2.05) is 50.2 Å². The molecule has 0 saturated carbocycles. The van der Waals surface area contributed by atoms with Crippen molar-refractivity contribution in [3.8, 4) is 11.5 Å². The Balaban J connectivity index is 1.89. The number of nitrogens with one attached hydrogen (secondary N) is 3. The van der Waals surface area contributed by atoms with Gasteiger partial charge in [0.1, 0.15) is 0 Å². The summed E-state index contributed by atoms with van der Waals surface area (Å²) in [6.07, 6.45) is 0.675. The molecule has 1 aliphatic rings. The zero-order valence-corrected chi connectivity index (χ0v) is 18.5. The van der Waals surface area contributed by atoms with E-state index in [-0.39, 0.29) is 24.6 Å². The van der Waals surface area contributed by atoms with Crippen molar-refractivity contribution in [2.75, 3.05) is 39.2 Å². The second kappa shape index (κ2) is 10.1. The van der Waals surface area contributed by atoms with Gasteiger partial charge in [-0.2, -0.15) is 0 Å². The molecule has 0 aromatic heterocycles. The number of carbonyl (C=O) groups is 2. The van der Waals surface area contributed by atoms with Crippen LogP contribution in [0.15, 0.2) is 36.4 Å². The fourth-order valence-corrected chi connectivity index (χ4v) is 3.74. The van der Waals surface area contributed by atoms with Gasteiger partial charge >= 0.3 is 12.1 Å². The van der Waals surface area contributed by atoms with Crippen LogP contribution in [0.25, 0.3) is 0 Å². The molecule has 0 bridgehead atoms. The van der Waals surface area contributed by atoms with Crippen molar-refractivity contribution in [2.45, 2.75) is 26.3 Å². The summed E-state index contributed by atoms with van der Waals surface area (Å²) in [6, 6.07) is 10.7. The van der Waals surface area contributed by atoms with E-state index >= 15 is 0 Å². The van der Waals surface area contributed by atoms with Crippen molar-refractivity contribution in [1.82, 2.24) is 15.5 Å². The van der Waals surface area contributed by atoms with Crippen LogP contribution in [0.4, 0.5) is 15.3 Å². The minimum atomic E-state index is -0.350. The quantitative estimate of drug-likeness (QED) is 0.660. The molecule has 166 valence electrons. The van der Waals surface area contributed by atoms with Gasteiger partial charge in [-0.25, -0.2) is 9.59 Å². The first-order chi connectivity index (χ1) is 15.0. The second-order valence-corrected chi connectivity index (χ2v) is 7.40. The van der Waals surface area contributed by atoms with Crippen LogP contribution in [0.1, 0.15) is 29.7 Å². The van der Waals surface area contributed by atoms with Gasteiger partial charge in [-0.15, -0.1) is 0 Å². The molecule has 3 N–H and O–H groups in total. The molecular formula is C23H30N4O4. The first kappa shape index (κ1) is 22.3. The highest BCUT2D eigenvalue weighted by molar-refractivity contribution is 5.90. The molecule has 8 heteroatoms. The van der Waals surface area contributed by atoms with E-state index in [2.05, 4.69) is 16.0 Å². The molecule has 1 heterocycles. The fraction of sp³-hybridized carbons (Fsp3) is 0.391. The Morgan fingerprint density at radius 2 is 1.74 bits per heavy atom. The number of amides is 4. The number of benzene rings is 2. The third kappa shape index (κ3) is 5.20. The van der Waals surface area contributed by atoms with E-state index in [1.54, 1.807) is 19.1 Å². The maximum Gasteiger partial charge on any atom is 0.322 e. The molecule has 0 unspecified atom stereocenters. The molecule has 3 rings (SSSR count). The van der Waals surface area contributed by atoms with Gasteiger partial charge in [-0.1, -0.05) is 17.7 Å². The molecule has 31 heavy (non-hydrogen) atoms. The normalized spacial score (nSPS) is 15.0. The molecule has 8 nitrogen and oxygen atoms in total. The van der Waals surface area contributed by atoms with Crippen molar-refractivity contribution in [3.05, 3.63) is 53.1 Å². The maximum atomic E-state index is 13.2. The van der Waals surface area contributed by atoms with Crippen molar-refractivity contribution >= 4 is 17.7 Å². The number of ether oxygens (including phenoxy) is 2. The number of methoxy groups -OCH3 is 2. The van der Waals surface area contributed by atoms with Gasteiger partial charge in [0.15, 0.2) is 11.5 Å². The van der Waals surface area contributed by atoms with Crippen molar-refractivity contribution < 1.29 is 19.1 Å². The van der Waals surface area contributed by atoms with Crippen LogP contribution in [0.3, 0.4) is 0 Å². The molecule has 1 atom stereocenters. The number of fused-ring (bicyclic) bond motifs is 1. The topological polar surface area (TPSA) is 91.9 Å². The molecular weight excluding hydrogens is 396 g/mol. The summed E-state index contributed by atoms with van der Waals surface area (Å²) in [7, 11) is 3.18. The van der Waals surface area contributed by atoms with Crippen LogP contribution < -0.4 is 25.4 Å². The second-order valence-electron chi connectivity index (χ2n) is 7.40. The molecule has 0 spiro atoms. The average Bonchev–Trinajstić information content (AvgIpc) is 2.77. The van der Waals surface area contributed by atoms with E-state index in [4.69, 9.17) is 9.47 Å². The van der Waals surface area contributed by atoms with Crippen LogP contribution in [0.5, 0.6) is 11.5 Å². The Bertz CT molecular complexity index is 930. The lowest BCUT2D eigenvalue weighted by Gasteiger charge is -2.37. The van der Waals surface area contributed by atoms with Crippen molar-refractivity contribution in [2.24, 2.45) is 0 Å². The van der Waals surface area contributed by atoms with E-state index in [0.29, 0.717) is 31.0 Å². The van der Waals surface area contributed by atoms with Crippen molar-refractivity contribution in [1.29, 1.82) is 0 Å². The van der Waals surface area contributed by atoms with Crippen LogP contribution in [0, 0.1) is 6.92 Å². The number of rotatable bonds is 6. The number of hydrogen-bond donors (Lipinski definition) is 3. The maximum absolute atomic E-state index is 13.2. The first-order valence-electron chi connectivity index (χ1n) is 10.4. The summed E-state index contributed by atoms with van der Waals surface area (Å²) in [4.78, 5) is 26.9. The van der Waals surface area contributed by atoms with E-state index in [9.17, 15) is 9.59 Å². The SMILES string of the molecule is CCNC(=O)NC[C@@H]1c2cc(OC)c(OC)cc2CCN1C(=O)Nc1ccc(C)cc1. The van der Waals surface area contributed by atoms with Crippen LogP contribution in [-0.4, -0.2) is 50.8 Å². The summed E-state index contributed by atoms with van der Waals surface area (Å²) in [5, 5.41) is 8.56. The fourth-order valence-electron chi connectivity index (χ4n) is 3.74. The molecule has 0 fully saturated rings. The standard InChI is InChI=1S/C23H30N4O4/c1-5-24-22(28)25-14-19-18-13-21(31-4)20(30-3)12-16(18)10-11-27(19)23(29)26-17-8-6-15(2)7-9-17/h6-9,12-13,19H,5,10-11,14H2,1-4H3,(H,26,29)(H2,24,25,28)/t19-/m1/s1. The molecule has 0 radical (unpaired) electrons. The molecule has 2 aromatic carbocycles. The highest BCUT2D eigenvalue weighted by Crippen LogP contribution is 2.38. The monoisotopic (exact) mass is 426 g/mol. The van der Waals surface area contributed by atoms with Crippen LogP contribution in [0.2, 0.25) is 0 Å². The van der Waals surface area contributed by atoms with E-state index < -0.39 is 0 Å². The first-order valence-corrected chi connectivity index (χ1v) is 10.4. The number of urea groups is 2. The van der Waals surface area contributed by atoms with Gasteiger partial charge in [0.25, 0.3) is 0 Å². The van der Waals surface area contributed by atoms with Crippen LogP contribution in [-0.2, 0) is 6.42 Å². The molecule has 2 aromatic rings. The minimum Gasteiger partial charge on any atom is -0.493 e. The Morgan fingerprint density at radius 3 is 2.39 bits per heavy atom. The van der Waals surface area contributed by atoms with Crippen LogP contribution >= 0.6 is 0 Å². The number of anilines is 1. The van der Waals surface area contributed by atoms with Crippen molar-refractivity contribution in [3.63, 3.8) is 0 Å². The Kier molecular flexibility index (Phi) is 7.23. The molecule has 0 aliphatic carbocycles. The largest absolute Gasteiger partial charge is 0.493 e. The zero-order valence-electron chi connectivity index (χ0n) is 18.5. The van der Waals surface area contributed by atoms with Gasteiger partial charge in [0, 0.05) is 25.3 Å². The Labute approximate surface area is 182 Å². The lowest BCUT2D eigenvalue weighted by molar-refractivity contribution is 0.179. The summed E-state index contributed by atoms with van der Waals surface area (Å²) in [6.45, 7) is 5.17. The highest BCUT2D eigenvalue weighted by atomic mass is 16.5. The predicted octanol–water partition coefficient (Wildman–Crippen LogP) is 3.46. The van der Waals surface area contributed by atoms with Gasteiger partial charge in [0.05, 0.1) is 20.3 Å². The van der Waals surface area contributed by atoms with E-state index in [0.717, 1.165) is 22.4 Å². The molecule has 4 amide bonds. The number of nitrogens with zero attached hydrogens (tertiary/aromatic N) is 1. The lowest BCUT2D eigenvalue weighted by Crippen LogP contribution is -2.48. The van der Waals surface area contributed by atoms with E-state index in [1.165, 1.54) is 0 Å². The van der Waals surface area contributed by atoms with Gasteiger partial charge < -0.3 is 30.3 Å². The smallest absolute Gasteiger partial charge is 0.322 e. The zero-order chi connectivity index (χ0) is 22.4. The Morgan fingerprint density at radius 1 is 1.06 bits per heavy atom. The third-order valence-electron chi connectivity index (χ3n) is 5.36. The summed E-state index contributed by atoms with van der Waals surface area (Å²) in [5.74, 6) is 1.24. The van der Waals surface area contributed by atoms with Gasteiger partial charge in [-0.3, -0.25) is 0 Å². The van der Waals surface area contributed by atoms with Gasteiger partial charge in [0.2, 0.25) is 0 Å². The third-order valence-corrected chi connectivity index (χ3v) is 5.36. The number of carbonyl (C=O) groups excluding carboxylic acids is 2. The van der Waals surface area contributed by atoms with Gasteiger partial charge in [-0.05, 0) is 55.7 Å². The number of hydrogen-bond acceptors (Lipinski definition) is 4. The minimum absolute atomic E-state index is 0.216. The highest BCUT2D eigenvalue weighted by Gasteiger charge is 2.32. The predicted molar refractivity (Wildman–Crippen MR) is 120 cm³/mol. The average molecular weight is 427 g/mol. The summed E-state index contributed by atoms with van der Waals surface area (Å²) >= 11 is 0.